The van der Waals surface area contributed by atoms with Crippen LogP contribution in [-0.4, -0.2) is 21.8 Å². The number of rotatable bonds is 4. The molecule has 3 aromatic carbocycles. The van der Waals surface area contributed by atoms with Gasteiger partial charge in [-0.3, -0.25) is 4.99 Å². The number of benzene rings is 3. The molecule has 0 amide bonds. The number of aromatic hydroxyl groups is 1. The molecule has 0 unspecified atom stereocenters. The highest BCUT2D eigenvalue weighted by molar-refractivity contribution is 6.32. The molecule has 2 heterocycles. The number of nitrogens with zero attached hydrogens (tertiary/aromatic N) is 2. The number of para-hydroxylation sites is 1. The standard InChI is InChI=1S/C26H18N2O4/c29-25-20(15-21-26(30)32-24(28-21)18-11-5-2-6-12-18)23(19-13-7-8-14-22(19)31-25)27-16-17-9-3-1-4-10-17/h1-15,30H,16H2/b20-15+,27-23?. The van der Waals surface area contributed by atoms with Crippen molar-refractivity contribution < 1.29 is 19.1 Å². The molecule has 0 spiro atoms. The molecule has 0 aliphatic carbocycles. The molecule has 6 heteroatoms. The molecule has 1 N–H and O–H groups in total. The van der Waals surface area contributed by atoms with E-state index in [0.717, 1.165) is 5.56 Å². The van der Waals surface area contributed by atoms with E-state index in [0.29, 0.717) is 29.1 Å². The number of fused-ring (bicyclic) bond motifs is 1. The summed E-state index contributed by atoms with van der Waals surface area (Å²) in [6, 6.07) is 26.2. The second-order valence-electron chi connectivity index (χ2n) is 7.17. The number of ether oxygens (including phenoxy) is 1. The van der Waals surface area contributed by atoms with Crippen LogP contribution in [0.3, 0.4) is 0 Å². The first kappa shape index (κ1) is 19.5. The van der Waals surface area contributed by atoms with Crippen molar-refractivity contribution in [1.29, 1.82) is 0 Å². The van der Waals surface area contributed by atoms with Gasteiger partial charge in [0.15, 0.2) is 0 Å². The summed E-state index contributed by atoms with van der Waals surface area (Å²) < 4.78 is 10.9. The maximum atomic E-state index is 12.9. The van der Waals surface area contributed by atoms with E-state index < -0.39 is 5.97 Å². The second kappa shape index (κ2) is 8.35. The number of hydrogen-bond acceptors (Lipinski definition) is 6. The highest BCUT2D eigenvalue weighted by Gasteiger charge is 2.29. The number of aromatic nitrogens is 1. The highest BCUT2D eigenvalue weighted by atomic mass is 16.5. The van der Waals surface area contributed by atoms with Crippen molar-refractivity contribution in [3.8, 4) is 23.1 Å². The average molecular weight is 422 g/mol. The van der Waals surface area contributed by atoms with Crippen molar-refractivity contribution in [2.45, 2.75) is 6.54 Å². The lowest BCUT2D eigenvalue weighted by molar-refractivity contribution is -0.129. The zero-order valence-corrected chi connectivity index (χ0v) is 16.9. The molecule has 0 fully saturated rings. The van der Waals surface area contributed by atoms with Gasteiger partial charge in [0.25, 0.3) is 0 Å². The van der Waals surface area contributed by atoms with Crippen molar-refractivity contribution in [3.05, 3.63) is 107 Å². The van der Waals surface area contributed by atoms with Crippen molar-refractivity contribution in [2.24, 2.45) is 4.99 Å². The van der Waals surface area contributed by atoms with Crippen LogP contribution in [0.25, 0.3) is 17.5 Å². The highest BCUT2D eigenvalue weighted by Crippen LogP contribution is 2.32. The van der Waals surface area contributed by atoms with Crippen LogP contribution in [0.1, 0.15) is 16.8 Å². The molecule has 0 atom stereocenters. The number of hydrogen-bond donors (Lipinski definition) is 1. The molecule has 156 valence electrons. The maximum absolute atomic E-state index is 12.9. The van der Waals surface area contributed by atoms with E-state index in [9.17, 15) is 9.90 Å². The quantitative estimate of drug-likeness (QED) is 0.283. The molecular formula is C26H18N2O4. The van der Waals surface area contributed by atoms with Gasteiger partial charge in [-0.1, -0.05) is 60.7 Å². The van der Waals surface area contributed by atoms with E-state index in [1.54, 1.807) is 12.1 Å². The first-order chi connectivity index (χ1) is 15.7. The summed E-state index contributed by atoms with van der Waals surface area (Å²) >= 11 is 0. The second-order valence-corrected chi connectivity index (χ2v) is 7.17. The Morgan fingerprint density at radius 3 is 2.38 bits per heavy atom. The fraction of sp³-hybridized carbons (Fsp3) is 0.0385. The van der Waals surface area contributed by atoms with E-state index in [1.807, 2.05) is 72.8 Å². The average Bonchev–Trinajstić information content (AvgIpc) is 3.20. The van der Waals surface area contributed by atoms with E-state index >= 15 is 0 Å². The molecule has 0 radical (unpaired) electrons. The Morgan fingerprint density at radius 2 is 1.59 bits per heavy atom. The SMILES string of the molecule is O=C1Oc2ccccc2C(=NCc2ccccc2)/C1=C\c1nc(-c2ccccc2)oc1O. The van der Waals surface area contributed by atoms with E-state index in [-0.39, 0.29) is 23.1 Å². The van der Waals surface area contributed by atoms with Crippen LogP contribution >= 0.6 is 0 Å². The van der Waals surface area contributed by atoms with Gasteiger partial charge in [0, 0.05) is 11.1 Å². The van der Waals surface area contributed by atoms with Crippen molar-refractivity contribution >= 4 is 17.8 Å². The predicted octanol–water partition coefficient (Wildman–Crippen LogP) is 5.04. The number of carbonyl (C=O) groups is 1. The van der Waals surface area contributed by atoms with Crippen LogP contribution in [0, 0.1) is 0 Å². The minimum absolute atomic E-state index is 0.127. The number of esters is 1. The van der Waals surface area contributed by atoms with Gasteiger partial charge in [-0.05, 0) is 35.9 Å². The summed E-state index contributed by atoms with van der Waals surface area (Å²) in [6.45, 7) is 0.384. The lowest BCUT2D eigenvalue weighted by atomic mass is 9.97. The molecule has 4 aromatic rings. The Hall–Kier alpha value is -4.45. The Morgan fingerprint density at radius 1 is 0.906 bits per heavy atom. The normalized spacial score (nSPS) is 15.6. The number of aliphatic imine (C=N–C) groups is 1. The van der Waals surface area contributed by atoms with Crippen LogP contribution in [0.15, 0.2) is 99.9 Å². The topological polar surface area (TPSA) is 84.9 Å². The third-order valence-corrected chi connectivity index (χ3v) is 5.02. The van der Waals surface area contributed by atoms with Crippen molar-refractivity contribution in [3.63, 3.8) is 0 Å². The summed E-state index contributed by atoms with van der Waals surface area (Å²) in [5.41, 5.74) is 3.21. The molecule has 1 aliphatic rings. The Labute approximate surface area is 184 Å². The van der Waals surface area contributed by atoms with Gasteiger partial charge in [0.2, 0.25) is 5.89 Å². The molecular weight excluding hydrogens is 404 g/mol. The third-order valence-electron chi connectivity index (χ3n) is 5.02. The Balaban J connectivity index is 1.59. The smallest absolute Gasteiger partial charge is 0.345 e. The van der Waals surface area contributed by atoms with Crippen LogP contribution in [0.5, 0.6) is 11.7 Å². The predicted molar refractivity (Wildman–Crippen MR) is 120 cm³/mol. The monoisotopic (exact) mass is 422 g/mol. The van der Waals surface area contributed by atoms with Gasteiger partial charge in [0.05, 0.1) is 17.8 Å². The van der Waals surface area contributed by atoms with Crippen LogP contribution in [0.4, 0.5) is 0 Å². The van der Waals surface area contributed by atoms with Gasteiger partial charge in [0.1, 0.15) is 11.4 Å². The summed E-state index contributed by atoms with van der Waals surface area (Å²) in [7, 11) is 0. The first-order valence-electron chi connectivity index (χ1n) is 10.1. The van der Waals surface area contributed by atoms with Gasteiger partial charge >= 0.3 is 11.9 Å². The number of oxazole rings is 1. The molecule has 1 aliphatic heterocycles. The molecule has 0 saturated heterocycles. The molecule has 5 rings (SSSR count). The first-order valence-corrected chi connectivity index (χ1v) is 10.1. The van der Waals surface area contributed by atoms with Crippen LogP contribution in [0.2, 0.25) is 0 Å². The lowest BCUT2D eigenvalue weighted by Crippen LogP contribution is -2.26. The van der Waals surface area contributed by atoms with Gasteiger partial charge in [-0.2, -0.15) is 0 Å². The molecule has 0 bridgehead atoms. The fourth-order valence-corrected chi connectivity index (χ4v) is 3.46. The van der Waals surface area contributed by atoms with E-state index in [4.69, 9.17) is 14.1 Å². The largest absolute Gasteiger partial charge is 0.479 e. The molecule has 1 aromatic heterocycles. The van der Waals surface area contributed by atoms with Crippen molar-refractivity contribution in [2.75, 3.05) is 0 Å². The lowest BCUT2D eigenvalue weighted by Gasteiger charge is -2.20. The zero-order valence-electron chi connectivity index (χ0n) is 16.9. The minimum Gasteiger partial charge on any atom is -0.479 e. The number of carbonyl (C=O) groups excluding carboxylic acids is 1. The molecule has 32 heavy (non-hydrogen) atoms. The zero-order chi connectivity index (χ0) is 21.9. The van der Waals surface area contributed by atoms with Crippen LogP contribution < -0.4 is 4.74 Å². The maximum Gasteiger partial charge on any atom is 0.345 e. The van der Waals surface area contributed by atoms with Gasteiger partial charge in [-0.25, -0.2) is 9.78 Å². The summed E-state index contributed by atoms with van der Waals surface area (Å²) in [5.74, 6) is -0.261. The summed E-state index contributed by atoms with van der Waals surface area (Å²) in [6.07, 6.45) is 1.45. The Bertz CT molecular complexity index is 1340. The van der Waals surface area contributed by atoms with Gasteiger partial charge < -0.3 is 14.3 Å². The fourth-order valence-electron chi connectivity index (χ4n) is 3.46. The van der Waals surface area contributed by atoms with Gasteiger partial charge in [-0.15, -0.1) is 0 Å². The Kier molecular flexibility index (Phi) is 5.09. The minimum atomic E-state index is -0.570. The summed E-state index contributed by atoms with van der Waals surface area (Å²) in [5, 5.41) is 10.3. The summed E-state index contributed by atoms with van der Waals surface area (Å²) in [4.78, 5) is 21.9. The molecule has 6 nitrogen and oxygen atoms in total. The van der Waals surface area contributed by atoms with E-state index in [2.05, 4.69) is 4.98 Å². The van der Waals surface area contributed by atoms with Crippen molar-refractivity contribution in [1.82, 2.24) is 4.98 Å². The van der Waals surface area contributed by atoms with Crippen LogP contribution in [-0.2, 0) is 11.3 Å². The molecule has 0 saturated carbocycles. The third kappa shape index (κ3) is 3.81. The van der Waals surface area contributed by atoms with E-state index in [1.165, 1.54) is 6.08 Å².